The summed E-state index contributed by atoms with van der Waals surface area (Å²) in [5.74, 6) is -3.16. The Labute approximate surface area is 215 Å². The van der Waals surface area contributed by atoms with Crippen LogP contribution in [0.15, 0.2) is 36.8 Å². The predicted octanol–water partition coefficient (Wildman–Crippen LogP) is 6.44. The Morgan fingerprint density at radius 2 is 1.42 bits per heavy atom. The first kappa shape index (κ1) is 26.1. The summed E-state index contributed by atoms with van der Waals surface area (Å²) in [6, 6.07) is 6.11. The van der Waals surface area contributed by atoms with Gasteiger partial charge < -0.3 is 19.3 Å². The second-order valence-electron chi connectivity index (χ2n) is 9.75. The molecule has 0 bridgehead atoms. The summed E-state index contributed by atoms with van der Waals surface area (Å²) in [4.78, 5) is 3.34. The molecule has 11 heteroatoms. The third kappa shape index (κ3) is 4.96. The highest BCUT2D eigenvalue weighted by atomic mass is 19.4. The molecule has 38 heavy (non-hydrogen) atoms. The number of anilines is 2. The van der Waals surface area contributed by atoms with Gasteiger partial charge in [0.1, 0.15) is 29.7 Å². The van der Waals surface area contributed by atoms with Gasteiger partial charge in [0, 0.05) is 43.3 Å². The lowest BCUT2D eigenvalue weighted by molar-refractivity contribution is -0.140. The maximum absolute atomic E-state index is 15.2. The quantitative estimate of drug-likeness (QED) is 0.421. The Hall–Kier alpha value is -3.55. The fourth-order valence-corrected chi connectivity index (χ4v) is 5.64. The summed E-state index contributed by atoms with van der Waals surface area (Å²) in [5.41, 5.74) is -2.28. The van der Waals surface area contributed by atoms with Gasteiger partial charge in [0.25, 0.3) is 0 Å². The SMILES string of the molecule is N#Cc1ccc(N2CCC(c3c(F)cc(N4CCC(C5OC=CO5)CC4)cc3F)CC2)c(F)c1C(F)(F)F. The van der Waals surface area contributed by atoms with Crippen LogP contribution < -0.4 is 9.80 Å². The molecular weight excluding hydrogens is 512 g/mol. The number of hydrogen-bond acceptors (Lipinski definition) is 5. The van der Waals surface area contributed by atoms with E-state index in [2.05, 4.69) is 0 Å². The van der Waals surface area contributed by atoms with Crippen LogP contribution >= 0.6 is 0 Å². The standard InChI is InChI=1S/C27H25F6N3O2/c28-20-13-19(35-7-5-17(6-8-35)26-37-11-12-38-26)14-21(29)23(20)16-3-9-36(10-4-16)22-2-1-18(15-34)24(25(22)30)27(31,32)33/h1-2,11-14,16-17,26H,3-10H2. The molecule has 0 saturated carbocycles. The Morgan fingerprint density at radius 1 is 0.842 bits per heavy atom. The van der Waals surface area contributed by atoms with E-state index in [-0.39, 0.29) is 49.4 Å². The number of nitrogens with zero attached hydrogens (tertiary/aromatic N) is 3. The lowest BCUT2D eigenvalue weighted by Gasteiger charge is -2.36. The molecule has 0 radical (unpaired) electrons. The van der Waals surface area contributed by atoms with Crippen LogP contribution in [0.4, 0.5) is 37.7 Å². The summed E-state index contributed by atoms with van der Waals surface area (Å²) in [7, 11) is 0. The van der Waals surface area contributed by atoms with Gasteiger partial charge in [0.15, 0.2) is 5.82 Å². The molecule has 2 aromatic carbocycles. The molecule has 0 unspecified atom stereocenters. The average Bonchev–Trinajstić information content (AvgIpc) is 3.43. The van der Waals surface area contributed by atoms with Crippen LogP contribution in [0.2, 0.25) is 0 Å². The molecule has 2 saturated heterocycles. The Morgan fingerprint density at radius 3 is 1.97 bits per heavy atom. The van der Waals surface area contributed by atoms with E-state index in [4.69, 9.17) is 14.7 Å². The van der Waals surface area contributed by atoms with Crippen molar-refractivity contribution in [1.82, 2.24) is 0 Å². The minimum Gasteiger partial charge on any atom is -0.459 e. The Balaban J connectivity index is 1.26. The van der Waals surface area contributed by atoms with E-state index < -0.39 is 40.7 Å². The van der Waals surface area contributed by atoms with E-state index in [9.17, 15) is 17.6 Å². The molecule has 2 aromatic rings. The van der Waals surface area contributed by atoms with Crippen molar-refractivity contribution in [2.24, 2.45) is 5.92 Å². The van der Waals surface area contributed by atoms with Crippen molar-refractivity contribution in [3.05, 3.63) is 70.9 Å². The number of alkyl halides is 3. The van der Waals surface area contributed by atoms with Gasteiger partial charge in [-0.25, -0.2) is 13.2 Å². The molecular formula is C27H25F6N3O2. The van der Waals surface area contributed by atoms with Crippen molar-refractivity contribution in [2.45, 2.75) is 44.1 Å². The molecule has 0 N–H and O–H groups in total. The van der Waals surface area contributed by atoms with Crippen molar-refractivity contribution in [1.29, 1.82) is 5.26 Å². The molecule has 3 aliphatic rings. The fraction of sp³-hybridized carbons (Fsp3) is 0.444. The number of piperidine rings is 2. The highest BCUT2D eigenvalue weighted by Gasteiger charge is 2.39. The van der Waals surface area contributed by atoms with Gasteiger partial charge in [-0.15, -0.1) is 0 Å². The normalized spacial score (nSPS) is 19.4. The number of nitriles is 1. The van der Waals surface area contributed by atoms with Crippen molar-refractivity contribution in [3.63, 3.8) is 0 Å². The lowest BCUT2D eigenvalue weighted by Crippen LogP contribution is -2.38. The molecule has 0 amide bonds. The smallest absolute Gasteiger partial charge is 0.420 e. The van der Waals surface area contributed by atoms with E-state index >= 15 is 8.78 Å². The van der Waals surface area contributed by atoms with E-state index in [0.717, 1.165) is 25.0 Å². The third-order valence-electron chi connectivity index (χ3n) is 7.60. The maximum Gasteiger partial charge on any atom is 0.420 e. The molecule has 2 fully saturated rings. The van der Waals surface area contributed by atoms with E-state index in [0.29, 0.717) is 18.8 Å². The van der Waals surface area contributed by atoms with Gasteiger partial charge in [0.05, 0.1) is 17.3 Å². The molecule has 5 rings (SSSR count). The van der Waals surface area contributed by atoms with Crippen molar-refractivity contribution >= 4 is 11.4 Å². The first-order valence-electron chi connectivity index (χ1n) is 12.4. The number of benzene rings is 2. The number of hydrogen-bond donors (Lipinski definition) is 0. The van der Waals surface area contributed by atoms with Crippen molar-refractivity contribution in [3.8, 4) is 6.07 Å². The van der Waals surface area contributed by atoms with Crippen LogP contribution in [0.1, 0.15) is 48.3 Å². The zero-order valence-corrected chi connectivity index (χ0v) is 20.3. The monoisotopic (exact) mass is 537 g/mol. The highest BCUT2D eigenvalue weighted by molar-refractivity contribution is 5.57. The minimum atomic E-state index is -5.03. The van der Waals surface area contributed by atoms with Gasteiger partial charge in [-0.05, 0) is 55.9 Å². The second-order valence-corrected chi connectivity index (χ2v) is 9.75. The van der Waals surface area contributed by atoms with Crippen molar-refractivity contribution in [2.75, 3.05) is 36.0 Å². The lowest BCUT2D eigenvalue weighted by atomic mass is 9.87. The first-order valence-corrected chi connectivity index (χ1v) is 12.4. The van der Waals surface area contributed by atoms with Crippen LogP contribution in [-0.2, 0) is 15.7 Å². The van der Waals surface area contributed by atoms with Crippen LogP contribution in [0, 0.1) is 34.7 Å². The first-order chi connectivity index (χ1) is 18.2. The van der Waals surface area contributed by atoms with Gasteiger partial charge in [-0.1, -0.05) is 0 Å². The molecule has 5 nitrogen and oxygen atoms in total. The molecule has 0 aliphatic carbocycles. The molecule has 0 spiro atoms. The van der Waals surface area contributed by atoms with Crippen LogP contribution in [0.5, 0.6) is 0 Å². The minimum absolute atomic E-state index is 0.0570. The fourth-order valence-electron chi connectivity index (χ4n) is 5.64. The van der Waals surface area contributed by atoms with E-state index in [1.165, 1.54) is 35.6 Å². The van der Waals surface area contributed by atoms with E-state index in [1.54, 1.807) is 0 Å². The Kier molecular flexibility index (Phi) is 7.07. The zero-order valence-electron chi connectivity index (χ0n) is 20.3. The molecule has 3 heterocycles. The summed E-state index contributed by atoms with van der Waals surface area (Å²) in [6.45, 7) is 1.42. The Bertz CT molecular complexity index is 1230. The zero-order chi connectivity index (χ0) is 27.0. The van der Waals surface area contributed by atoms with Crippen molar-refractivity contribution < 1.29 is 35.8 Å². The summed E-state index contributed by atoms with van der Waals surface area (Å²) in [5, 5.41) is 8.96. The average molecular weight is 538 g/mol. The molecule has 0 atom stereocenters. The number of ether oxygens (including phenoxy) is 2. The number of rotatable bonds is 4. The van der Waals surface area contributed by atoms with E-state index in [1.807, 2.05) is 4.90 Å². The topological polar surface area (TPSA) is 48.7 Å². The van der Waals surface area contributed by atoms with Gasteiger partial charge in [-0.2, -0.15) is 18.4 Å². The van der Waals surface area contributed by atoms with Crippen LogP contribution in [0.3, 0.4) is 0 Å². The largest absolute Gasteiger partial charge is 0.459 e. The summed E-state index contributed by atoms with van der Waals surface area (Å²) >= 11 is 0. The molecule has 0 aromatic heterocycles. The molecule has 202 valence electrons. The third-order valence-corrected chi connectivity index (χ3v) is 7.60. The van der Waals surface area contributed by atoms with Gasteiger partial charge in [0.2, 0.25) is 6.29 Å². The summed E-state index contributed by atoms with van der Waals surface area (Å²) in [6.07, 6.45) is -0.380. The summed E-state index contributed by atoms with van der Waals surface area (Å²) < 4.78 is 96.1. The second kappa shape index (κ2) is 10.3. The van der Waals surface area contributed by atoms with Crippen LogP contribution in [-0.4, -0.2) is 32.5 Å². The maximum atomic E-state index is 15.2. The predicted molar refractivity (Wildman–Crippen MR) is 127 cm³/mol. The van der Waals surface area contributed by atoms with Gasteiger partial charge >= 0.3 is 6.18 Å². The van der Waals surface area contributed by atoms with Crippen LogP contribution in [0.25, 0.3) is 0 Å². The van der Waals surface area contributed by atoms with Gasteiger partial charge in [-0.3, -0.25) is 0 Å². The number of halogens is 6. The highest BCUT2D eigenvalue weighted by Crippen LogP contribution is 2.40. The molecule has 3 aliphatic heterocycles.